The second-order valence-electron chi connectivity index (χ2n) is 5.53. The topological polar surface area (TPSA) is 43.2 Å². The van der Waals surface area contributed by atoms with E-state index in [-0.39, 0.29) is 11.9 Å². The van der Waals surface area contributed by atoms with Gasteiger partial charge < -0.3 is 4.74 Å². The minimum absolute atomic E-state index is 0.323. The fourth-order valence-electron chi connectivity index (χ4n) is 2.92. The lowest BCUT2D eigenvalue weighted by molar-refractivity contribution is 0.253. The van der Waals surface area contributed by atoms with Crippen LogP contribution in [0.25, 0.3) is 0 Å². The summed E-state index contributed by atoms with van der Waals surface area (Å²) >= 11 is 13.0. The van der Waals surface area contributed by atoms with E-state index in [2.05, 4.69) is 10.1 Å². The van der Waals surface area contributed by atoms with Gasteiger partial charge in [-0.25, -0.2) is 14.1 Å². The highest BCUT2D eigenvalue weighted by atomic mass is 35.5. The Hall–Kier alpha value is -1.95. The number of alkyl halides is 1. The number of benzene rings is 2. The van der Waals surface area contributed by atoms with E-state index >= 15 is 0 Å². The third-order valence-corrected chi connectivity index (χ3v) is 5.02. The highest BCUT2D eigenvalue weighted by Crippen LogP contribution is 2.64. The van der Waals surface area contributed by atoms with Crippen molar-refractivity contribution in [3.63, 3.8) is 0 Å². The van der Waals surface area contributed by atoms with Crippen molar-refractivity contribution in [2.24, 2.45) is 0 Å². The van der Waals surface area contributed by atoms with Crippen molar-refractivity contribution in [3.8, 4) is 0 Å². The first-order valence-corrected chi connectivity index (χ1v) is 8.11. The zero-order valence-corrected chi connectivity index (χ0v) is 13.8. The molecule has 3 atom stereocenters. The first-order valence-electron chi connectivity index (χ1n) is 7.29. The molecule has 0 bridgehead atoms. The van der Waals surface area contributed by atoms with E-state index in [4.69, 9.17) is 27.9 Å². The van der Waals surface area contributed by atoms with Crippen molar-refractivity contribution in [1.82, 2.24) is 14.8 Å². The van der Waals surface area contributed by atoms with Crippen LogP contribution in [0.15, 0.2) is 61.2 Å². The molecule has 0 amide bonds. The number of halogens is 3. The Kier molecular flexibility index (Phi) is 3.79. The van der Waals surface area contributed by atoms with Crippen molar-refractivity contribution in [3.05, 3.63) is 83.2 Å². The van der Waals surface area contributed by atoms with Gasteiger partial charge in [-0.2, -0.15) is 5.10 Å². The molecule has 2 aromatic carbocycles. The maximum absolute atomic E-state index is 13.3. The van der Waals surface area contributed by atoms with Gasteiger partial charge in [-0.05, 0) is 23.8 Å². The predicted molar refractivity (Wildman–Crippen MR) is 88.3 cm³/mol. The fraction of sp³-hybridized carbons (Fsp3) is 0.176. The molecular formula is C17H12Cl2FN3O. The van der Waals surface area contributed by atoms with Crippen LogP contribution in [0.2, 0.25) is 5.02 Å². The zero-order chi connectivity index (χ0) is 16.7. The van der Waals surface area contributed by atoms with Crippen molar-refractivity contribution in [1.29, 1.82) is 0 Å². The van der Waals surface area contributed by atoms with Gasteiger partial charge in [0.05, 0.1) is 0 Å². The molecule has 1 unspecified atom stereocenters. The van der Waals surface area contributed by atoms with Gasteiger partial charge in [0.1, 0.15) is 24.6 Å². The summed E-state index contributed by atoms with van der Waals surface area (Å²) in [5, 5.41) is 4.69. The minimum atomic E-state index is -0.895. The largest absolute Gasteiger partial charge is 0.352 e. The Morgan fingerprint density at radius 3 is 2.58 bits per heavy atom. The molecule has 2 heterocycles. The molecule has 0 radical (unpaired) electrons. The Morgan fingerprint density at radius 2 is 1.92 bits per heavy atom. The van der Waals surface area contributed by atoms with E-state index in [0.717, 1.165) is 11.1 Å². The molecule has 1 aliphatic heterocycles. The van der Waals surface area contributed by atoms with Gasteiger partial charge in [-0.1, -0.05) is 53.5 Å². The molecule has 122 valence electrons. The Bertz CT molecular complexity index is 857. The predicted octanol–water partition coefficient (Wildman–Crippen LogP) is 4.48. The molecule has 0 spiro atoms. The van der Waals surface area contributed by atoms with Gasteiger partial charge in [0, 0.05) is 10.6 Å². The maximum Gasteiger partial charge on any atom is 0.163 e. The molecule has 3 aromatic rings. The number of aromatic nitrogens is 3. The molecule has 1 fully saturated rings. The fourth-order valence-corrected chi connectivity index (χ4v) is 3.55. The Balaban J connectivity index is 1.80. The molecule has 7 heteroatoms. The molecular weight excluding hydrogens is 352 g/mol. The molecule has 0 N–H and O–H groups in total. The van der Waals surface area contributed by atoms with Crippen molar-refractivity contribution < 1.29 is 9.13 Å². The highest BCUT2D eigenvalue weighted by Gasteiger charge is 2.64. The van der Waals surface area contributed by atoms with Gasteiger partial charge in [0.2, 0.25) is 0 Å². The average Bonchev–Trinajstić information content (AvgIpc) is 3.09. The molecule has 0 saturated carbocycles. The standard InChI is InChI=1S/C17H12Cl2FN3O/c18-14-4-2-1-3-13(14)15-17(24-15,11-5-7-12(20)8-6-11)16(19)23-10-21-9-22-23/h1-10,15-16H/t15-,16?,17+/m0/s1. The number of epoxide rings is 1. The molecule has 1 aromatic heterocycles. The monoisotopic (exact) mass is 363 g/mol. The SMILES string of the molecule is Fc1ccc([C@@]2(C(Cl)n3cncn3)O[C@H]2c2ccccc2Cl)cc1. The Labute approximate surface area is 147 Å². The van der Waals surface area contributed by atoms with Gasteiger partial charge in [0.15, 0.2) is 11.1 Å². The summed E-state index contributed by atoms with van der Waals surface area (Å²) in [6, 6.07) is 13.5. The zero-order valence-electron chi connectivity index (χ0n) is 12.3. The maximum atomic E-state index is 13.3. The van der Waals surface area contributed by atoms with Crippen LogP contribution in [0.4, 0.5) is 4.39 Å². The van der Waals surface area contributed by atoms with Gasteiger partial charge in [0.25, 0.3) is 0 Å². The minimum Gasteiger partial charge on any atom is -0.352 e. The van der Waals surface area contributed by atoms with Crippen molar-refractivity contribution in [2.45, 2.75) is 17.2 Å². The third-order valence-electron chi connectivity index (χ3n) is 4.15. The van der Waals surface area contributed by atoms with Crippen LogP contribution in [0, 0.1) is 5.82 Å². The van der Waals surface area contributed by atoms with Crippen LogP contribution in [-0.4, -0.2) is 14.8 Å². The lowest BCUT2D eigenvalue weighted by atomic mass is 9.91. The van der Waals surface area contributed by atoms with E-state index in [0.29, 0.717) is 5.02 Å². The first-order chi connectivity index (χ1) is 11.6. The van der Waals surface area contributed by atoms with Crippen LogP contribution >= 0.6 is 23.2 Å². The van der Waals surface area contributed by atoms with E-state index in [1.165, 1.54) is 29.5 Å². The molecule has 24 heavy (non-hydrogen) atoms. The number of nitrogens with zero attached hydrogens (tertiary/aromatic N) is 3. The van der Waals surface area contributed by atoms with E-state index in [1.807, 2.05) is 18.2 Å². The molecule has 4 rings (SSSR count). The average molecular weight is 364 g/mol. The van der Waals surface area contributed by atoms with Crippen LogP contribution in [0.5, 0.6) is 0 Å². The number of rotatable bonds is 4. The molecule has 1 aliphatic rings. The van der Waals surface area contributed by atoms with Gasteiger partial charge in [-0.3, -0.25) is 0 Å². The molecule has 1 saturated heterocycles. The Morgan fingerprint density at radius 1 is 1.17 bits per heavy atom. The second kappa shape index (κ2) is 5.84. The van der Waals surface area contributed by atoms with Crippen LogP contribution < -0.4 is 0 Å². The summed E-state index contributed by atoms with van der Waals surface area (Å²) in [6.45, 7) is 0. The van der Waals surface area contributed by atoms with E-state index in [9.17, 15) is 4.39 Å². The number of hydrogen-bond donors (Lipinski definition) is 0. The normalized spacial score (nSPS) is 23.9. The number of hydrogen-bond acceptors (Lipinski definition) is 3. The third kappa shape index (κ3) is 2.40. The lowest BCUT2D eigenvalue weighted by Crippen LogP contribution is -2.23. The van der Waals surface area contributed by atoms with E-state index < -0.39 is 11.1 Å². The molecule has 0 aliphatic carbocycles. The highest BCUT2D eigenvalue weighted by molar-refractivity contribution is 6.31. The number of ether oxygens (including phenoxy) is 1. The van der Waals surface area contributed by atoms with Crippen LogP contribution in [0.3, 0.4) is 0 Å². The summed E-state index contributed by atoms with van der Waals surface area (Å²) in [7, 11) is 0. The smallest absolute Gasteiger partial charge is 0.163 e. The summed E-state index contributed by atoms with van der Waals surface area (Å²) in [5.41, 5.74) is 0.0267. The van der Waals surface area contributed by atoms with Crippen LogP contribution in [0.1, 0.15) is 22.7 Å². The van der Waals surface area contributed by atoms with Crippen molar-refractivity contribution >= 4 is 23.2 Å². The second-order valence-corrected chi connectivity index (χ2v) is 6.35. The summed E-state index contributed by atoms with van der Waals surface area (Å²) in [6.07, 6.45) is 2.57. The first kappa shape index (κ1) is 15.6. The molecule has 4 nitrogen and oxygen atoms in total. The van der Waals surface area contributed by atoms with E-state index in [1.54, 1.807) is 18.2 Å². The van der Waals surface area contributed by atoms with Crippen molar-refractivity contribution in [2.75, 3.05) is 0 Å². The van der Waals surface area contributed by atoms with Crippen LogP contribution in [-0.2, 0) is 10.3 Å². The van der Waals surface area contributed by atoms with Gasteiger partial charge in [-0.15, -0.1) is 0 Å². The lowest BCUT2D eigenvalue weighted by Gasteiger charge is -2.20. The quantitative estimate of drug-likeness (QED) is 0.507. The summed E-state index contributed by atoms with van der Waals surface area (Å²) in [4.78, 5) is 3.93. The summed E-state index contributed by atoms with van der Waals surface area (Å²) in [5.74, 6) is -0.323. The van der Waals surface area contributed by atoms with Gasteiger partial charge >= 0.3 is 0 Å². The summed E-state index contributed by atoms with van der Waals surface area (Å²) < 4.78 is 20.9.